The molecule has 0 spiro atoms. The van der Waals surface area contributed by atoms with Crippen molar-refractivity contribution in [3.8, 4) is 0 Å². The topological polar surface area (TPSA) is 44.9 Å². The first kappa shape index (κ1) is 16.2. The number of aromatic nitrogens is 1. The standard InChI is InChI=1S/C20H21FN2O/c1-20(2,16-12-22-18-10-6-4-8-15(16)18)13-23-19(24)11-14-7-3-5-9-17(14)21/h3-10,12,22H,11,13H2,1-2H3,(H,23,24). The Morgan fingerprint density at radius 2 is 1.83 bits per heavy atom. The third-order valence-electron chi connectivity index (χ3n) is 4.35. The first-order valence-corrected chi connectivity index (χ1v) is 8.04. The Kier molecular flexibility index (Phi) is 4.38. The van der Waals surface area contributed by atoms with Crippen LogP contribution in [-0.4, -0.2) is 17.4 Å². The summed E-state index contributed by atoms with van der Waals surface area (Å²) in [5.74, 6) is -0.517. The number of rotatable bonds is 5. The Morgan fingerprint density at radius 3 is 2.62 bits per heavy atom. The minimum absolute atomic E-state index is 0.0522. The normalized spacial score (nSPS) is 11.6. The lowest BCUT2D eigenvalue weighted by atomic mass is 9.84. The second kappa shape index (κ2) is 6.48. The lowest BCUT2D eigenvalue weighted by molar-refractivity contribution is -0.120. The molecule has 0 fully saturated rings. The van der Waals surface area contributed by atoms with E-state index in [1.165, 1.54) is 6.07 Å². The Balaban J connectivity index is 1.69. The van der Waals surface area contributed by atoms with E-state index in [2.05, 4.69) is 30.2 Å². The highest BCUT2D eigenvalue weighted by Crippen LogP contribution is 2.29. The first-order valence-electron chi connectivity index (χ1n) is 8.04. The number of hydrogen-bond acceptors (Lipinski definition) is 1. The highest BCUT2D eigenvalue weighted by molar-refractivity contribution is 5.84. The second-order valence-corrected chi connectivity index (χ2v) is 6.68. The molecular weight excluding hydrogens is 303 g/mol. The van der Waals surface area contributed by atoms with Crippen LogP contribution in [0.5, 0.6) is 0 Å². The third kappa shape index (κ3) is 3.32. The predicted molar refractivity (Wildman–Crippen MR) is 94.4 cm³/mol. The average Bonchev–Trinajstić information content (AvgIpc) is 3.00. The van der Waals surface area contributed by atoms with Crippen molar-refractivity contribution in [1.82, 2.24) is 10.3 Å². The number of aromatic amines is 1. The van der Waals surface area contributed by atoms with Gasteiger partial charge in [0.1, 0.15) is 5.82 Å². The maximum Gasteiger partial charge on any atom is 0.224 e. The Labute approximate surface area is 140 Å². The molecule has 0 unspecified atom stereocenters. The molecule has 0 radical (unpaired) electrons. The van der Waals surface area contributed by atoms with Gasteiger partial charge in [-0.3, -0.25) is 4.79 Å². The monoisotopic (exact) mass is 324 g/mol. The van der Waals surface area contributed by atoms with Gasteiger partial charge in [-0.2, -0.15) is 0 Å². The summed E-state index contributed by atoms with van der Waals surface area (Å²) in [6, 6.07) is 14.5. The molecule has 1 heterocycles. The number of H-pyrrole nitrogens is 1. The third-order valence-corrected chi connectivity index (χ3v) is 4.35. The molecule has 1 amide bonds. The van der Waals surface area contributed by atoms with Crippen LogP contribution in [0.3, 0.4) is 0 Å². The highest BCUT2D eigenvalue weighted by Gasteiger charge is 2.24. The summed E-state index contributed by atoms with van der Waals surface area (Å²) < 4.78 is 13.6. The fraction of sp³-hybridized carbons (Fsp3) is 0.250. The molecule has 0 bridgehead atoms. The summed E-state index contributed by atoms with van der Waals surface area (Å²) >= 11 is 0. The molecule has 3 nitrogen and oxygen atoms in total. The van der Waals surface area contributed by atoms with E-state index in [-0.39, 0.29) is 23.6 Å². The van der Waals surface area contributed by atoms with Crippen LogP contribution in [0.1, 0.15) is 25.0 Å². The van der Waals surface area contributed by atoms with Gasteiger partial charge in [0.25, 0.3) is 0 Å². The quantitative estimate of drug-likeness (QED) is 0.733. The average molecular weight is 324 g/mol. The minimum atomic E-state index is -0.344. The summed E-state index contributed by atoms with van der Waals surface area (Å²) in [6.45, 7) is 4.67. The van der Waals surface area contributed by atoms with Crippen LogP contribution in [0, 0.1) is 5.82 Å². The number of fused-ring (bicyclic) bond motifs is 1. The minimum Gasteiger partial charge on any atom is -0.361 e. The van der Waals surface area contributed by atoms with E-state index in [0.717, 1.165) is 16.5 Å². The molecule has 0 aliphatic carbocycles. The SMILES string of the molecule is CC(C)(CNC(=O)Cc1ccccc1F)c1c[nH]c2ccccc12. The molecule has 0 atom stereocenters. The lowest BCUT2D eigenvalue weighted by Gasteiger charge is -2.25. The number of carbonyl (C=O) groups is 1. The van der Waals surface area contributed by atoms with Gasteiger partial charge in [-0.1, -0.05) is 50.2 Å². The van der Waals surface area contributed by atoms with Gasteiger partial charge in [0.2, 0.25) is 5.91 Å². The second-order valence-electron chi connectivity index (χ2n) is 6.68. The molecule has 4 heteroatoms. The summed E-state index contributed by atoms with van der Waals surface area (Å²) in [4.78, 5) is 15.4. The van der Waals surface area contributed by atoms with Gasteiger partial charge in [-0.05, 0) is 23.3 Å². The maximum absolute atomic E-state index is 13.6. The Hall–Kier alpha value is -2.62. The molecule has 0 aliphatic heterocycles. The summed E-state index contributed by atoms with van der Waals surface area (Å²) in [7, 11) is 0. The van der Waals surface area contributed by atoms with Crippen molar-refractivity contribution in [1.29, 1.82) is 0 Å². The van der Waals surface area contributed by atoms with Crippen LogP contribution in [0.2, 0.25) is 0 Å². The van der Waals surface area contributed by atoms with Crippen molar-refractivity contribution < 1.29 is 9.18 Å². The van der Waals surface area contributed by atoms with E-state index in [1.807, 2.05) is 24.4 Å². The van der Waals surface area contributed by atoms with E-state index in [9.17, 15) is 9.18 Å². The summed E-state index contributed by atoms with van der Waals surface area (Å²) in [6.07, 6.45) is 2.05. The molecular formula is C20H21FN2O. The smallest absolute Gasteiger partial charge is 0.224 e. The summed E-state index contributed by atoms with van der Waals surface area (Å²) in [5, 5.41) is 4.09. The molecule has 0 aliphatic rings. The number of nitrogens with one attached hydrogen (secondary N) is 2. The zero-order chi connectivity index (χ0) is 17.2. The Bertz CT molecular complexity index is 867. The number of benzene rings is 2. The number of amides is 1. The van der Waals surface area contributed by atoms with Crippen LogP contribution >= 0.6 is 0 Å². The van der Waals surface area contributed by atoms with Crippen molar-refractivity contribution in [3.05, 3.63) is 71.7 Å². The maximum atomic E-state index is 13.6. The fourth-order valence-electron chi connectivity index (χ4n) is 2.92. The van der Waals surface area contributed by atoms with Crippen LogP contribution in [0.15, 0.2) is 54.7 Å². The number of carbonyl (C=O) groups excluding carboxylic acids is 1. The van der Waals surface area contributed by atoms with E-state index in [1.54, 1.807) is 18.2 Å². The van der Waals surface area contributed by atoms with Gasteiger partial charge < -0.3 is 10.3 Å². The van der Waals surface area contributed by atoms with Crippen molar-refractivity contribution in [3.63, 3.8) is 0 Å². The zero-order valence-corrected chi connectivity index (χ0v) is 13.9. The van der Waals surface area contributed by atoms with Gasteiger partial charge in [0.05, 0.1) is 6.42 Å². The van der Waals surface area contributed by atoms with Crippen molar-refractivity contribution in [2.45, 2.75) is 25.7 Å². The van der Waals surface area contributed by atoms with Crippen LogP contribution in [0.4, 0.5) is 4.39 Å². The molecule has 24 heavy (non-hydrogen) atoms. The first-order chi connectivity index (χ1) is 11.5. The fourth-order valence-corrected chi connectivity index (χ4v) is 2.92. The van der Waals surface area contributed by atoms with E-state index < -0.39 is 0 Å². The van der Waals surface area contributed by atoms with Crippen LogP contribution in [0.25, 0.3) is 10.9 Å². The molecule has 2 N–H and O–H groups in total. The Morgan fingerprint density at radius 1 is 1.12 bits per heavy atom. The van der Waals surface area contributed by atoms with Gasteiger partial charge in [-0.25, -0.2) is 4.39 Å². The van der Waals surface area contributed by atoms with E-state index >= 15 is 0 Å². The van der Waals surface area contributed by atoms with E-state index in [0.29, 0.717) is 12.1 Å². The number of para-hydroxylation sites is 1. The van der Waals surface area contributed by atoms with Crippen molar-refractivity contribution in [2.24, 2.45) is 0 Å². The molecule has 3 rings (SSSR count). The van der Waals surface area contributed by atoms with Crippen molar-refractivity contribution >= 4 is 16.8 Å². The van der Waals surface area contributed by atoms with Gasteiger partial charge in [0, 0.05) is 29.1 Å². The van der Waals surface area contributed by atoms with Gasteiger partial charge in [0.15, 0.2) is 0 Å². The molecule has 3 aromatic rings. The molecule has 0 saturated carbocycles. The number of halogens is 1. The van der Waals surface area contributed by atoms with Crippen molar-refractivity contribution in [2.75, 3.05) is 6.54 Å². The van der Waals surface area contributed by atoms with E-state index in [4.69, 9.17) is 0 Å². The highest BCUT2D eigenvalue weighted by atomic mass is 19.1. The zero-order valence-electron chi connectivity index (χ0n) is 13.9. The van der Waals surface area contributed by atoms with Gasteiger partial charge in [-0.15, -0.1) is 0 Å². The summed E-state index contributed by atoms with van der Waals surface area (Å²) in [5.41, 5.74) is 2.42. The van der Waals surface area contributed by atoms with Gasteiger partial charge >= 0.3 is 0 Å². The molecule has 0 saturated heterocycles. The number of hydrogen-bond donors (Lipinski definition) is 2. The predicted octanol–water partition coefficient (Wildman–Crippen LogP) is 3.94. The van der Waals surface area contributed by atoms with Crippen LogP contribution < -0.4 is 5.32 Å². The lowest BCUT2D eigenvalue weighted by Crippen LogP contribution is -2.37. The molecule has 124 valence electrons. The van der Waals surface area contributed by atoms with Crippen LogP contribution in [-0.2, 0) is 16.6 Å². The molecule has 2 aromatic carbocycles. The largest absolute Gasteiger partial charge is 0.361 e. The molecule has 1 aromatic heterocycles.